The molecular formula is C23H30N2O2. The lowest BCUT2D eigenvalue weighted by Gasteiger charge is -2.33. The molecule has 1 aliphatic heterocycles. The predicted octanol–water partition coefficient (Wildman–Crippen LogP) is 4.73. The van der Waals surface area contributed by atoms with Gasteiger partial charge in [-0.15, -0.1) is 0 Å². The summed E-state index contributed by atoms with van der Waals surface area (Å²) in [5, 5.41) is 3.09. The van der Waals surface area contributed by atoms with Crippen LogP contribution in [0.3, 0.4) is 0 Å². The lowest BCUT2D eigenvalue weighted by atomic mass is 9.99. The van der Waals surface area contributed by atoms with Crippen molar-refractivity contribution in [2.75, 3.05) is 25.1 Å². The van der Waals surface area contributed by atoms with E-state index < -0.39 is 0 Å². The van der Waals surface area contributed by atoms with Crippen LogP contribution in [0.4, 0.5) is 5.69 Å². The van der Waals surface area contributed by atoms with E-state index in [1.165, 1.54) is 18.5 Å². The SMILES string of the molecule is COc1ccc(C(=O)N[C@H](C)c2ccc(N3CCC[C@H](C)C3)cc2)cc1C. The third-order valence-corrected chi connectivity index (χ3v) is 5.42. The van der Waals surface area contributed by atoms with E-state index >= 15 is 0 Å². The molecule has 1 N–H and O–H groups in total. The molecule has 0 radical (unpaired) electrons. The summed E-state index contributed by atoms with van der Waals surface area (Å²) in [5.41, 5.74) is 3.99. The summed E-state index contributed by atoms with van der Waals surface area (Å²) in [5.74, 6) is 1.48. The van der Waals surface area contributed by atoms with Crippen molar-refractivity contribution in [3.8, 4) is 5.75 Å². The zero-order valence-corrected chi connectivity index (χ0v) is 16.8. The van der Waals surface area contributed by atoms with Gasteiger partial charge in [0.1, 0.15) is 5.75 Å². The number of rotatable bonds is 5. The average molecular weight is 367 g/mol. The van der Waals surface area contributed by atoms with E-state index in [0.29, 0.717) is 5.56 Å². The second-order valence-corrected chi connectivity index (χ2v) is 7.66. The molecule has 1 heterocycles. The van der Waals surface area contributed by atoms with Crippen molar-refractivity contribution < 1.29 is 9.53 Å². The summed E-state index contributed by atoms with van der Waals surface area (Å²) in [6.07, 6.45) is 2.58. The fraction of sp³-hybridized carbons (Fsp3) is 0.435. The van der Waals surface area contributed by atoms with Gasteiger partial charge in [-0.25, -0.2) is 0 Å². The molecule has 0 aliphatic carbocycles. The van der Waals surface area contributed by atoms with Crippen LogP contribution in [0.5, 0.6) is 5.75 Å². The quantitative estimate of drug-likeness (QED) is 0.832. The summed E-state index contributed by atoms with van der Waals surface area (Å²) < 4.78 is 5.26. The molecule has 2 atom stereocenters. The van der Waals surface area contributed by atoms with Gasteiger partial charge in [0.05, 0.1) is 13.2 Å². The van der Waals surface area contributed by atoms with Crippen LogP contribution in [0.2, 0.25) is 0 Å². The van der Waals surface area contributed by atoms with Gasteiger partial charge in [-0.3, -0.25) is 4.79 Å². The number of carbonyl (C=O) groups is 1. The Hall–Kier alpha value is -2.49. The Morgan fingerprint density at radius 2 is 1.96 bits per heavy atom. The van der Waals surface area contributed by atoms with Gasteiger partial charge in [0.15, 0.2) is 0 Å². The Balaban J connectivity index is 1.64. The first kappa shape index (κ1) is 19.3. The van der Waals surface area contributed by atoms with E-state index in [1.54, 1.807) is 13.2 Å². The molecule has 27 heavy (non-hydrogen) atoms. The van der Waals surface area contributed by atoms with Crippen LogP contribution in [-0.4, -0.2) is 26.1 Å². The Labute approximate surface area is 162 Å². The van der Waals surface area contributed by atoms with Crippen molar-refractivity contribution in [3.05, 3.63) is 59.2 Å². The van der Waals surface area contributed by atoms with Crippen LogP contribution in [0.25, 0.3) is 0 Å². The zero-order valence-electron chi connectivity index (χ0n) is 16.8. The van der Waals surface area contributed by atoms with Crippen molar-refractivity contribution >= 4 is 11.6 Å². The number of hydrogen-bond donors (Lipinski definition) is 1. The van der Waals surface area contributed by atoms with E-state index in [2.05, 4.69) is 41.4 Å². The first-order valence-electron chi connectivity index (χ1n) is 9.78. The lowest BCUT2D eigenvalue weighted by molar-refractivity contribution is 0.0940. The number of amides is 1. The van der Waals surface area contributed by atoms with Crippen LogP contribution in [0, 0.1) is 12.8 Å². The smallest absolute Gasteiger partial charge is 0.251 e. The monoisotopic (exact) mass is 366 g/mol. The second-order valence-electron chi connectivity index (χ2n) is 7.66. The fourth-order valence-electron chi connectivity index (χ4n) is 3.78. The van der Waals surface area contributed by atoms with E-state index in [-0.39, 0.29) is 11.9 Å². The molecule has 1 amide bonds. The first-order chi connectivity index (χ1) is 13.0. The summed E-state index contributed by atoms with van der Waals surface area (Å²) >= 11 is 0. The van der Waals surface area contributed by atoms with Gasteiger partial charge >= 0.3 is 0 Å². The second kappa shape index (κ2) is 8.47. The molecule has 0 bridgehead atoms. The van der Waals surface area contributed by atoms with Crippen LogP contribution >= 0.6 is 0 Å². The van der Waals surface area contributed by atoms with E-state index in [4.69, 9.17) is 4.74 Å². The van der Waals surface area contributed by atoms with Gasteiger partial charge in [0, 0.05) is 24.3 Å². The third kappa shape index (κ3) is 4.62. The van der Waals surface area contributed by atoms with Gasteiger partial charge in [0.25, 0.3) is 5.91 Å². The summed E-state index contributed by atoms with van der Waals surface area (Å²) in [6.45, 7) is 8.54. The highest BCUT2D eigenvalue weighted by atomic mass is 16.5. The number of methoxy groups -OCH3 is 1. The Morgan fingerprint density at radius 3 is 2.59 bits per heavy atom. The molecule has 1 aliphatic rings. The Kier molecular flexibility index (Phi) is 6.04. The third-order valence-electron chi connectivity index (χ3n) is 5.42. The molecule has 0 unspecified atom stereocenters. The summed E-state index contributed by atoms with van der Waals surface area (Å²) in [6, 6.07) is 14.0. The molecule has 4 nitrogen and oxygen atoms in total. The highest BCUT2D eigenvalue weighted by Gasteiger charge is 2.17. The van der Waals surface area contributed by atoms with Crippen LogP contribution in [0.1, 0.15) is 54.2 Å². The molecule has 3 rings (SSSR count). The van der Waals surface area contributed by atoms with Gasteiger partial charge in [-0.05, 0) is 74.1 Å². The van der Waals surface area contributed by atoms with E-state index in [9.17, 15) is 4.79 Å². The topological polar surface area (TPSA) is 41.6 Å². The van der Waals surface area contributed by atoms with Crippen molar-refractivity contribution in [3.63, 3.8) is 0 Å². The number of anilines is 1. The molecule has 144 valence electrons. The maximum absolute atomic E-state index is 12.6. The maximum Gasteiger partial charge on any atom is 0.251 e. The van der Waals surface area contributed by atoms with Crippen molar-refractivity contribution in [1.82, 2.24) is 5.32 Å². The van der Waals surface area contributed by atoms with Crippen LogP contribution in [0.15, 0.2) is 42.5 Å². The Morgan fingerprint density at radius 1 is 1.22 bits per heavy atom. The summed E-state index contributed by atoms with van der Waals surface area (Å²) in [4.78, 5) is 15.0. The number of hydrogen-bond acceptors (Lipinski definition) is 3. The van der Waals surface area contributed by atoms with E-state index in [0.717, 1.165) is 35.9 Å². The minimum Gasteiger partial charge on any atom is -0.496 e. The molecule has 0 spiro atoms. The van der Waals surface area contributed by atoms with Crippen molar-refractivity contribution in [1.29, 1.82) is 0 Å². The number of nitrogens with zero attached hydrogens (tertiary/aromatic N) is 1. The predicted molar refractivity (Wildman–Crippen MR) is 111 cm³/mol. The molecule has 0 aromatic heterocycles. The van der Waals surface area contributed by atoms with Gasteiger partial charge in [-0.2, -0.15) is 0 Å². The van der Waals surface area contributed by atoms with Gasteiger partial charge < -0.3 is 15.0 Å². The molecule has 1 saturated heterocycles. The first-order valence-corrected chi connectivity index (χ1v) is 9.78. The van der Waals surface area contributed by atoms with E-state index in [1.807, 2.05) is 26.0 Å². The number of piperidine rings is 1. The fourth-order valence-corrected chi connectivity index (χ4v) is 3.78. The number of nitrogens with one attached hydrogen (secondary N) is 1. The highest BCUT2D eigenvalue weighted by molar-refractivity contribution is 5.94. The molecular weight excluding hydrogens is 336 g/mol. The minimum absolute atomic E-state index is 0.0470. The van der Waals surface area contributed by atoms with Gasteiger partial charge in [0.2, 0.25) is 0 Å². The standard InChI is InChI=1S/C23H30N2O2/c1-16-6-5-13-25(15-16)21-10-7-19(8-11-21)18(3)24-23(26)20-9-12-22(27-4)17(2)14-20/h7-12,14,16,18H,5-6,13,15H2,1-4H3,(H,24,26)/t16-,18+/m0/s1. The number of aryl methyl sites for hydroxylation is 1. The Bertz CT molecular complexity index is 785. The lowest BCUT2D eigenvalue weighted by Crippen LogP contribution is -2.34. The molecule has 2 aromatic carbocycles. The van der Waals surface area contributed by atoms with Crippen molar-refractivity contribution in [2.45, 2.75) is 39.7 Å². The highest BCUT2D eigenvalue weighted by Crippen LogP contribution is 2.25. The number of carbonyl (C=O) groups excluding carboxylic acids is 1. The normalized spacial score (nSPS) is 18.1. The number of ether oxygens (including phenoxy) is 1. The molecule has 1 fully saturated rings. The minimum atomic E-state index is -0.0674. The average Bonchev–Trinajstić information content (AvgIpc) is 2.68. The zero-order chi connectivity index (χ0) is 19.4. The van der Waals surface area contributed by atoms with Crippen LogP contribution < -0.4 is 15.0 Å². The van der Waals surface area contributed by atoms with Crippen LogP contribution in [-0.2, 0) is 0 Å². The number of benzene rings is 2. The van der Waals surface area contributed by atoms with Crippen molar-refractivity contribution in [2.24, 2.45) is 5.92 Å². The molecule has 0 saturated carbocycles. The molecule has 2 aromatic rings. The largest absolute Gasteiger partial charge is 0.496 e. The molecule has 4 heteroatoms. The summed E-state index contributed by atoms with van der Waals surface area (Å²) in [7, 11) is 1.64. The van der Waals surface area contributed by atoms with Gasteiger partial charge in [-0.1, -0.05) is 19.1 Å². The maximum atomic E-state index is 12.6.